The van der Waals surface area contributed by atoms with Crippen molar-refractivity contribution < 1.29 is 9.53 Å². The van der Waals surface area contributed by atoms with E-state index in [0.29, 0.717) is 6.42 Å². The molecule has 1 heterocycles. The van der Waals surface area contributed by atoms with Crippen LogP contribution in [0.3, 0.4) is 0 Å². The lowest BCUT2D eigenvalue weighted by Crippen LogP contribution is -2.12. The molecule has 1 unspecified atom stereocenters. The number of aliphatic imine (C=N–C) groups is 1. The molecule has 1 rings (SSSR count). The molecule has 3 nitrogen and oxygen atoms in total. The highest BCUT2D eigenvalue weighted by Gasteiger charge is 2.20. The van der Waals surface area contributed by atoms with Crippen LogP contribution < -0.4 is 0 Å². The molecule has 0 saturated carbocycles. The number of ether oxygens (including phenoxy) is 1. The third-order valence-corrected chi connectivity index (χ3v) is 1.07. The molecular weight excluding hydrogens is 118 g/mol. The van der Waals surface area contributed by atoms with Gasteiger partial charge in [0.1, 0.15) is 0 Å². The van der Waals surface area contributed by atoms with E-state index in [-0.39, 0.29) is 12.0 Å². The first-order valence-corrected chi connectivity index (χ1v) is 2.67. The lowest BCUT2D eigenvalue weighted by molar-refractivity contribution is -0.134. The monoisotopic (exact) mass is 125 g/mol. The normalized spacial score (nSPS) is 24.0. The Hall–Kier alpha value is -1.12. The van der Waals surface area contributed by atoms with Gasteiger partial charge in [0.25, 0.3) is 0 Å². The van der Waals surface area contributed by atoms with E-state index in [0.717, 1.165) is 0 Å². The molecule has 0 fully saturated rings. The van der Waals surface area contributed by atoms with Gasteiger partial charge in [0.05, 0.1) is 0 Å². The van der Waals surface area contributed by atoms with Crippen molar-refractivity contribution in [2.24, 2.45) is 4.99 Å². The second kappa shape index (κ2) is 2.44. The maximum absolute atomic E-state index is 10.6. The van der Waals surface area contributed by atoms with E-state index in [4.69, 9.17) is 0 Å². The molecule has 3 heteroatoms. The second-order valence-corrected chi connectivity index (χ2v) is 1.73. The third-order valence-electron chi connectivity index (χ3n) is 1.07. The Morgan fingerprint density at radius 2 is 2.78 bits per heavy atom. The molecule has 0 saturated heterocycles. The third kappa shape index (κ3) is 1.16. The summed E-state index contributed by atoms with van der Waals surface area (Å²) in [5, 5.41) is 0. The molecule has 9 heavy (non-hydrogen) atoms. The van der Waals surface area contributed by atoms with E-state index in [1.807, 2.05) is 0 Å². The molecule has 48 valence electrons. The summed E-state index contributed by atoms with van der Waals surface area (Å²) >= 11 is 0. The molecule has 0 aliphatic carbocycles. The van der Waals surface area contributed by atoms with Gasteiger partial charge in [-0.25, -0.2) is 9.79 Å². The lowest BCUT2D eigenvalue weighted by atomic mass is 10.2. The van der Waals surface area contributed by atoms with Crippen LogP contribution in [0.25, 0.3) is 0 Å². The zero-order valence-electron chi connectivity index (χ0n) is 4.91. The van der Waals surface area contributed by atoms with Gasteiger partial charge >= 0.3 is 5.97 Å². The van der Waals surface area contributed by atoms with Crippen molar-refractivity contribution in [2.45, 2.75) is 12.5 Å². The van der Waals surface area contributed by atoms with Crippen LogP contribution in [-0.2, 0) is 9.53 Å². The Morgan fingerprint density at radius 3 is 3.22 bits per heavy atom. The van der Waals surface area contributed by atoms with Gasteiger partial charge in [-0.3, -0.25) is 0 Å². The maximum atomic E-state index is 10.6. The topological polar surface area (TPSA) is 38.7 Å². The van der Waals surface area contributed by atoms with Crippen molar-refractivity contribution in [3.63, 3.8) is 0 Å². The predicted molar refractivity (Wildman–Crippen MR) is 33.2 cm³/mol. The number of hydrogen-bond donors (Lipinski definition) is 0. The molecule has 0 amide bonds. The van der Waals surface area contributed by atoms with E-state index in [9.17, 15) is 4.79 Å². The summed E-state index contributed by atoms with van der Waals surface area (Å²) < 4.78 is 4.44. The summed E-state index contributed by atoms with van der Waals surface area (Å²) in [6.45, 7) is 3.48. The highest BCUT2D eigenvalue weighted by Crippen LogP contribution is 2.05. The molecule has 1 atom stereocenters. The summed E-state index contributed by atoms with van der Waals surface area (Å²) in [5.41, 5.74) is 0. The molecule has 0 aromatic carbocycles. The summed E-state index contributed by atoms with van der Waals surface area (Å²) in [6.07, 6.45) is 3.39. The average Bonchev–Trinajstić information content (AvgIpc) is 2.18. The minimum absolute atomic E-state index is 0.282. The van der Waals surface area contributed by atoms with Crippen LogP contribution in [0, 0.1) is 0 Å². The quantitative estimate of drug-likeness (QED) is 0.398. The molecule has 0 radical (unpaired) electrons. The SMILES string of the molecule is C=CCC1N=COC1=O. The summed E-state index contributed by atoms with van der Waals surface area (Å²) in [4.78, 5) is 14.3. The Bertz CT molecular complexity index is 162. The molecule has 0 aromatic rings. The van der Waals surface area contributed by atoms with Gasteiger partial charge in [-0.1, -0.05) is 6.08 Å². The first-order valence-electron chi connectivity index (χ1n) is 2.67. The van der Waals surface area contributed by atoms with Crippen LogP contribution in [0.4, 0.5) is 0 Å². The Balaban J connectivity index is 2.48. The van der Waals surface area contributed by atoms with Crippen LogP contribution in [0.5, 0.6) is 0 Å². The molecular formula is C6H7NO2. The van der Waals surface area contributed by atoms with Gasteiger partial charge in [-0.2, -0.15) is 0 Å². The fraction of sp³-hybridized carbons (Fsp3) is 0.333. The number of nitrogens with zero attached hydrogens (tertiary/aromatic N) is 1. The van der Waals surface area contributed by atoms with Crippen molar-refractivity contribution in [1.29, 1.82) is 0 Å². The highest BCUT2D eigenvalue weighted by molar-refractivity contribution is 5.87. The first-order chi connectivity index (χ1) is 4.34. The zero-order chi connectivity index (χ0) is 6.69. The van der Waals surface area contributed by atoms with Gasteiger partial charge in [0.15, 0.2) is 12.4 Å². The zero-order valence-corrected chi connectivity index (χ0v) is 4.91. The van der Waals surface area contributed by atoms with E-state index in [1.165, 1.54) is 6.40 Å². The van der Waals surface area contributed by atoms with Gasteiger partial charge in [-0.05, 0) is 6.42 Å². The fourth-order valence-electron chi connectivity index (χ4n) is 0.610. The number of carbonyl (C=O) groups excluding carboxylic acids is 1. The van der Waals surface area contributed by atoms with Crippen molar-refractivity contribution in [3.8, 4) is 0 Å². The van der Waals surface area contributed by atoms with Crippen molar-refractivity contribution in [2.75, 3.05) is 0 Å². The predicted octanol–water partition coefficient (Wildman–Crippen LogP) is 0.516. The van der Waals surface area contributed by atoms with Crippen molar-refractivity contribution in [1.82, 2.24) is 0 Å². The van der Waals surface area contributed by atoms with Crippen LogP contribution >= 0.6 is 0 Å². The van der Waals surface area contributed by atoms with Crippen LogP contribution in [0.1, 0.15) is 6.42 Å². The van der Waals surface area contributed by atoms with Crippen LogP contribution in [0.2, 0.25) is 0 Å². The van der Waals surface area contributed by atoms with Crippen LogP contribution in [-0.4, -0.2) is 18.4 Å². The van der Waals surface area contributed by atoms with Gasteiger partial charge in [0, 0.05) is 0 Å². The first kappa shape index (κ1) is 6.01. The Morgan fingerprint density at radius 1 is 2.00 bits per heavy atom. The Labute approximate surface area is 53.0 Å². The number of rotatable bonds is 2. The molecule has 0 bridgehead atoms. The fourth-order valence-corrected chi connectivity index (χ4v) is 0.610. The molecule has 1 aliphatic heterocycles. The van der Waals surface area contributed by atoms with Gasteiger partial charge in [-0.15, -0.1) is 6.58 Å². The smallest absolute Gasteiger partial charge is 0.337 e. The minimum atomic E-state index is -0.331. The summed E-state index contributed by atoms with van der Waals surface area (Å²) in [6, 6.07) is -0.331. The van der Waals surface area contributed by atoms with E-state index >= 15 is 0 Å². The number of esters is 1. The van der Waals surface area contributed by atoms with Crippen molar-refractivity contribution in [3.05, 3.63) is 12.7 Å². The summed E-state index contributed by atoms with van der Waals surface area (Å²) in [7, 11) is 0. The lowest BCUT2D eigenvalue weighted by Gasteiger charge is -1.95. The highest BCUT2D eigenvalue weighted by atomic mass is 16.5. The van der Waals surface area contributed by atoms with E-state index in [2.05, 4.69) is 16.3 Å². The number of carbonyl (C=O) groups is 1. The molecule has 0 spiro atoms. The van der Waals surface area contributed by atoms with Crippen molar-refractivity contribution >= 4 is 12.4 Å². The van der Waals surface area contributed by atoms with Gasteiger partial charge in [0.2, 0.25) is 0 Å². The van der Waals surface area contributed by atoms with Gasteiger partial charge < -0.3 is 4.74 Å². The second-order valence-electron chi connectivity index (χ2n) is 1.73. The maximum Gasteiger partial charge on any atom is 0.337 e. The number of hydrogen-bond acceptors (Lipinski definition) is 3. The largest absolute Gasteiger partial charge is 0.413 e. The average molecular weight is 125 g/mol. The standard InChI is InChI=1S/C6H7NO2/c1-2-3-5-6(8)9-4-7-5/h2,4-5H,1,3H2. The number of cyclic esters (lactones) is 1. The Kier molecular flexibility index (Phi) is 1.63. The molecule has 0 N–H and O–H groups in total. The van der Waals surface area contributed by atoms with E-state index in [1.54, 1.807) is 6.08 Å². The molecule has 1 aliphatic rings. The summed E-state index contributed by atoms with van der Waals surface area (Å²) in [5.74, 6) is -0.282. The van der Waals surface area contributed by atoms with E-state index < -0.39 is 0 Å². The molecule has 0 aromatic heterocycles. The minimum Gasteiger partial charge on any atom is -0.413 e. The van der Waals surface area contributed by atoms with Crippen LogP contribution in [0.15, 0.2) is 17.6 Å².